The molecule has 0 saturated carbocycles. The van der Waals surface area contributed by atoms with Crippen LogP contribution in [0.3, 0.4) is 0 Å². The fourth-order valence-corrected chi connectivity index (χ4v) is 1.54. The Morgan fingerprint density at radius 2 is 1.21 bits per heavy atom. The van der Waals surface area contributed by atoms with Crippen molar-refractivity contribution in [1.82, 2.24) is 0 Å². The normalized spacial score (nSPS) is 8.21. The van der Waals surface area contributed by atoms with Gasteiger partial charge in [-0.1, -0.05) is 84.4 Å². The van der Waals surface area contributed by atoms with E-state index in [0.717, 1.165) is 0 Å². The first-order valence-electron chi connectivity index (χ1n) is 7.65. The fraction of sp³-hybridized carbons (Fsp3) is 0.474. The quantitative estimate of drug-likeness (QED) is 0.482. The van der Waals surface area contributed by atoms with Crippen molar-refractivity contribution in [3.8, 4) is 0 Å². The van der Waals surface area contributed by atoms with Gasteiger partial charge in [0.1, 0.15) is 0 Å². The minimum absolute atomic E-state index is 1.25. The van der Waals surface area contributed by atoms with Crippen LogP contribution in [0.1, 0.15) is 59.1 Å². The average Bonchev–Trinajstić information content (AvgIpc) is 2.48. The summed E-state index contributed by atoms with van der Waals surface area (Å²) in [5.41, 5.74) is 2.77. The van der Waals surface area contributed by atoms with Crippen LogP contribution in [0.25, 0.3) is 10.8 Å². The van der Waals surface area contributed by atoms with Gasteiger partial charge in [0.05, 0.1) is 0 Å². The molecule has 0 aliphatic carbocycles. The second-order valence-electron chi connectivity index (χ2n) is 3.94. The molecule has 108 valence electrons. The van der Waals surface area contributed by atoms with Crippen LogP contribution < -0.4 is 0 Å². The lowest BCUT2D eigenvalue weighted by molar-refractivity contribution is 1.09. The molecule has 2 aromatic carbocycles. The average molecular weight is 260 g/mol. The van der Waals surface area contributed by atoms with E-state index in [-0.39, 0.29) is 0 Å². The smallest absolute Gasteiger partial charge is 0.0152 e. The van der Waals surface area contributed by atoms with Gasteiger partial charge in [0, 0.05) is 0 Å². The van der Waals surface area contributed by atoms with E-state index in [9.17, 15) is 0 Å². The minimum atomic E-state index is 1.25. The molecular formula is C19H32. The van der Waals surface area contributed by atoms with Crippen LogP contribution >= 0.6 is 0 Å². The number of hydrogen-bond acceptors (Lipinski definition) is 0. The molecule has 0 nitrogen and oxygen atoms in total. The first-order chi connectivity index (χ1) is 9.20. The van der Waals surface area contributed by atoms with Gasteiger partial charge >= 0.3 is 0 Å². The molecule has 19 heavy (non-hydrogen) atoms. The molecule has 0 heteroatoms. The van der Waals surface area contributed by atoms with Crippen LogP contribution in [0.15, 0.2) is 36.4 Å². The second-order valence-corrected chi connectivity index (χ2v) is 3.94. The maximum absolute atomic E-state index is 2.18. The van der Waals surface area contributed by atoms with E-state index in [4.69, 9.17) is 0 Å². The summed E-state index contributed by atoms with van der Waals surface area (Å²) >= 11 is 0. The molecule has 0 aliphatic heterocycles. The highest BCUT2D eigenvalue weighted by atomic mass is 14.0. The monoisotopic (exact) mass is 260 g/mol. The Morgan fingerprint density at radius 3 is 1.74 bits per heavy atom. The zero-order valence-corrected chi connectivity index (χ0v) is 14.2. The number of rotatable bonds is 0. The van der Waals surface area contributed by atoms with Gasteiger partial charge in [0.15, 0.2) is 0 Å². The standard InChI is InChI=1S/C12H12.C3H8.2C2H6/c1-9-7-8-11-5-3-4-6-12(11)10(9)2;1-3-2;2*1-2/h3-8H,1-2H3;3H2,1-2H3;2*1-2H3. The zero-order valence-electron chi connectivity index (χ0n) is 14.2. The summed E-state index contributed by atoms with van der Waals surface area (Å²) < 4.78 is 0. The first-order valence-corrected chi connectivity index (χ1v) is 7.65. The van der Waals surface area contributed by atoms with E-state index in [1.54, 1.807) is 0 Å². The zero-order chi connectivity index (χ0) is 15.3. The number of aryl methyl sites for hydroxylation is 2. The van der Waals surface area contributed by atoms with E-state index >= 15 is 0 Å². The van der Waals surface area contributed by atoms with Crippen molar-refractivity contribution in [2.45, 2.75) is 61.8 Å². The van der Waals surface area contributed by atoms with E-state index < -0.39 is 0 Å². The summed E-state index contributed by atoms with van der Waals surface area (Å²) in [6.45, 7) is 16.6. The van der Waals surface area contributed by atoms with Gasteiger partial charge in [-0.2, -0.15) is 0 Å². The van der Waals surface area contributed by atoms with Crippen LogP contribution in [-0.2, 0) is 0 Å². The van der Waals surface area contributed by atoms with Crippen molar-refractivity contribution in [3.63, 3.8) is 0 Å². The van der Waals surface area contributed by atoms with Crippen LogP contribution in [0.4, 0.5) is 0 Å². The summed E-state index contributed by atoms with van der Waals surface area (Å²) in [4.78, 5) is 0. The third-order valence-corrected chi connectivity index (χ3v) is 2.47. The maximum atomic E-state index is 2.18. The molecule has 2 aromatic rings. The number of hydrogen-bond donors (Lipinski definition) is 0. The largest absolute Gasteiger partial charge is 0.0683 e. The molecule has 0 fully saturated rings. The molecule has 0 spiro atoms. The van der Waals surface area contributed by atoms with Gasteiger partial charge in [-0.3, -0.25) is 0 Å². The van der Waals surface area contributed by atoms with Gasteiger partial charge < -0.3 is 0 Å². The Bertz CT molecular complexity index is 427. The highest BCUT2D eigenvalue weighted by molar-refractivity contribution is 5.86. The van der Waals surface area contributed by atoms with Gasteiger partial charge in [0.2, 0.25) is 0 Å². The molecule has 0 amide bonds. The Balaban J connectivity index is 0. The molecule has 0 bridgehead atoms. The summed E-state index contributed by atoms with van der Waals surface area (Å²) in [6.07, 6.45) is 1.25. The molecule has 0 atom stereocenters. The van der Waals surface area contributed by atoms with Crippen molar-refractivity contribution in [1.29, 1.82) is 0 Å². The Hall–Kier alpha value is -1.30. The van der Waals surface area contributed by atoms with E-state index in [0.29, 0.717) is 0 Å². The lowest BCUT2D eigenvalue weighted by atomic mass is 10.0. The topological polar surface area (TPSA) is 0 Å². The summed E-state index contributed by atoms with van der Waals surface area (Å²) in [7, 11) is 0. The second kappa shape index (κ2) is 13.1. The maximum Gasteiger partial charge on any atom is -0.0152 e. The fourth-order valence-electron chi connectivity index (χ4n) is 1.54. The highest BCUT2D eigenvalue weighted by Crippen LogP contribution is 2.20. The number of fused-ring (bicyclic) bond motifs is 1. The molecule has 0 aliphatic rings. The lowest BCUT2D eigenvalue weighted by Gasteiger charge is -2.04. The molecular weight excluding hydrogens is 228 g/mol. The van der Waals surface area contributed by atoms with E-state index in [1.807, 2.05) is 27.7 Å². The van der Waals surface area contributed by atoms with Gasteiger partial charge in [-0.05, 0) is 35.7 Å². The van der Waals surface area contributed by atoms with Crippen LogP contribution in [-0.4, -0.2) is 0 Å². The van der Waals surface area contributed by atoms with E-state index in [1.165, 1.54) is 28.3 Å². The van der Waals surface area contributed by atoms with Gasteiger partial charge in [-0.25, -0.2) is 0 Å². The van der Waals surface area contributed by atoms with Crippen molar-refractivity contribution in [3.05, 3.63) is 47.5 Å². The molecule has 0 saturated heterocycles. The van der Waals surface area contributed by atoms with Gasteiger partial charge in [-0.15, -0.1) is 0 Å². The van der Waals surface area contributed by atoms with Crippen molar-refractivity contribution in [2.24, 2.45) is 0 Å². The third kappa shape index (κ3) is 7.00. The first kappa shape index (κ1) is 20.0. The predicted molar refractivity (Wildman–Crippen MR) is 92.1 cm³/mol. The molecule has 0 radical (unpaired) electrons. The lowest BCUT2D eigenvalue weighted by Crippen LogP contribution is -1.82. The molecule has 0 heterocycles. The molecule has 0 aromatic heterocycles. The van der Waals surface area contributed by atoms with Crippen LogP contribution in [0.5, 0.6) is 0 Å². The Kier molecular flexibility index (Phi) is 13.8. The van der Waals surface area contributed by atoms with Crippen molar-refractivity contribution >= 4 is 10.8 Å². The predicted octanol–water partition coefficient (Wildman–Crippen LogP) is 6.93. The van der Waals surface area contributed by atoms with Gasteiger partial charge in [0.25, 0.3) is 0 Å². The van der Waals surface area contributed by atoms with E-state index in [2.05, 4.69) is 64.1 Å². The third-order valence-electron chi connectivity index (χ3n) is 2.47. The summed E-state index contributed by atoms with van der Waals surface area (Å²) in [5.74, 6) is 0. The molecule has 2 rings (SSSR count). The van der Waals surface area contributed by atoms with Crippen molar-refractivity contribution in [2.75, 3.05) is 0 Å². The molecule has 0 N–H and O–H groups in total. The number of benzene rings is 2. The summed E-state index contributed by atoms with van der Waals surface area (Å²) in [6, 6.07) is 12.9. The highest BCUT2D eigenvalue weighted by Gasteiger charge is 1.97. The van der Waals surface area contributed by atoms with Crippen molar-refractivity contribution < 1.29 is 0 Å². The summed E-state index contributed by atoms with van der Waals surface area (Å²) in [5, 5.41) is 2.71. The molecule has 0 unspecified atom stereocenters. The SMILES string of the molecule is CC.CC.CCC.Cc1ccc2ccccc2c1C. The Labute approximate surface area is 120 Å². The van der Waals surface area contributed by atoms with Crippen LogP contribution in [0, 0.1) is 13.8 Å². The minimum Gasteiger partial charge on any atom is -0.0683 e. The van der Waals surface area contributed by atoms with Crippen LogP contribution in [0.2, 0.25) is 0 Å². The Morgan fingerprint density at radius 1 is 0.737 bits per heavy atom.